The van der Waals surface area contributed by atoms with E-state index in [1.807, 2.05) is 36.0 Å². The molecule has 0 spiro atoms. The normalized spacial score (nSPS) is 15.3. The van der Waals surface area contributed by atoms with Crippen LogP contribution in [-0.2, 0) is 0 Å². The summed E-state index contributed by atoms with van der Waals surface area (Å²) in [6.07, 6.45) is 3.72. The Balaban J connectivity index is 2.68. The maximum absolute atomic E-state index is 11.2. The lowest BCUT2D eigenvalue weighted by molar-refractivity contribution is 0.103. The molecule has 0 unspecified atom stereocenters. The molecular weight excluding hydrogens is 126 g/mol. The highest BCUT2D eigenvalue weighted by atomic mass is 16.1. The number of hydrogen-bond donors (Lipinski definition) is 0. The van der Waals surface area contributed by atoms with Crippen molar-refractivity contribution in [3.05, 3.63) is 29.6 Å². The van der Waals surface area contributed by atoms with Gasteiger partial charge < -0.3 is 4.57 Å². The van der Waals surface area contributed by atoms with Gasteiger partial charge in [-0.05, 0) is 19.1 Å². The van der Waals surface area contributed by atoms with E-state index in [1.165, 1.54) is 0 Å². The Morgan fingerprint density at radius 1 is 1.50 bits per heavy atom. The van der Waals surface area contributed by atoms with E-state index in [-0.39, 0.29) is 5.78 Å². The number of rotatable bonds is 0. The smallest absolute Gasteiger partial charge is 0.206 e. The van der Waals surface area contributed by atoms with Crippen molar-refractivity contribution in [3.63, 3.8) is 0 Å². The molecule has 0 N–H and O–H groups in total. The molecule has 1 aromatic rings. The van der Waals surface area contributed by atoms with Gasteiger partial charge in [0, 0.05) is 18.0 Å². The van der Waals surface area contributed by atoms with Crippen LogP contribution in [-0.4, -0.2) is 10.4 Å². The van der Waals surface area contributed by atoms with Gasteiger partial charge >= 0.3 is 0 Å². The second-order valence-corrected chi connectivity index (χ2v) is 2.44. The van der Waals surface area contributed by atoms with E-state index in [1.54, 1.807) is 0 Å². The topological polar surface area (TPSA) is 22.0 Å². The molecule has 0 atom stereocenters. The Morgan fingerprint density at radius 3 is 3.00 bits per heavy atom. The Morgan fingerprint density at radius 2 is 2.30 bits per heavy atom. The summed E-state index contributed by atoms with van der Waals surface area (Å²) in [5.41, 5.74) is 1.59. The van der Waals surface area contributed by atoms with Crippen LogP contribution in [0.25, 0.3) is 6.20 Å². The zero-order valence-electron chi connectivity index (χ0n) is 5.66. The lowest BCUT2D eigenvalue weighted by Crippen LogP contribution is -1.94. The first-order valence-corrected chi connectivity index (χ1v) is 3.19. The van der Waals surface area contributed by atoms with Crippen LogP contribution < -0.4 is 0 Å². The maximum atomic E-state index is 11.2. The minimum Gasteiger partial charge on any atom is -0.320 e. The first-order chi connectivity index (χ1) is 4.79. The van der Waals surface area contributed by atoms with Gasteiger partial charge in [0.2, 0.25) is 5.78 Å². The summed E-state index contributed by atoms with van der Waals surface area (Å²) in [5.74, 6) is 0.144. The third-order valence-electron chi connectivity index (χ3n) is 1.70. The average Bonchev–Trinajstić information content (AvgIpc) is 2.41. The Labute approximate surface area is 58.8 Å². The number of Topliss-reactive ketones (excluding diaryl/α,β-unsaturated/α-hetero) is 1. The Bertz CT molecular complexity index is 320. The summed E-state index contributed by atoms with van der Waals surface area (Å²) in [5, 5.41) is 0. The Kier molecular flexibility index (Phi) is 0.873. The third-order valence-corrected chi connectivity index (χ3v) is 1.70. The number of aromatic nitrogens is 1. The molecule has 0 amide bonds. The summed E-state index contributed by atoms with van der Waals surface area (Å²) >= 11 is 0. The standard InChI is InChI=1S/C8H7NO/c1-6-5-9-4-2-3-7(9)8(6)10/h2-5H,1H3. The van der Waals surface area contributed by atoms with Gasteiger partial charge in [0.1, 0.15) is 0 Å². The number of ketones is 1. The summed E-state index contributed by atoms with van der Waals surface area (Å²) in [6, 6.07) is 3.70. The van der Waals surface area contributed by atoms with Gasteiger partial charge in [0.05, 0.1) is 5.69 Å². The fourth-order valence-corrected chi connectivity index (χ4v) is 1.17. The lowest BCUT2D eigenvalue weighted by atomic mass is 10.2. The molecule has 0 bridgehead atoms. The van der Waals surface area contributed by atoms with Crippen LogP contribution in [0.5, 0.6) is 0 Å². The molecule has 0 aliphatic carbocycles. The van der Waals surface area contributed by atoms with Crippen LogP contribution in [0.1, 0.15) is 17.4 Å². The summed E-state index contributed by atoms with van der Waals surface area (Å²) in [7, 11) is 0. The molecule has 2 heterocycles. The molecule has 10 heavy (non-hydrogen) atoms. The van der Waals surface area contributed by atoms with Gasteiger partial charge in [-0.25, -0.2) is 0 Å². The monoisotopic (exact) mass is 133 g/mol. The van der Waals surface area contributed by atoms with Crippen LogP contribution in [0.2, 0.25) is 0 Å². The van der Waals surface area contributed by atoms with E-state index in [9.17, 15) is 4.79 Å². The summed E-state index contributed by atoms with van der Waals surface area (Å²) < 4.78 is 1.84. The number of carbonyl (C=O) groups excluding carboxylic acids is 1. The molecule has 0 radical (unpaired) electrons. The molecule has 2 heteroatoms. The number of nitrogens with zero attached hydrogens (tertiary/aromatic N) is 1. The first kappa shape index (κ1) is 5.47. The van der Waals surface area contributed by atoms with Crippen molar-refractivity contribution < 1.29 is 4.79 Å². The van der Waals surface area contributed by atoms with Gasteiger partial charge in [0.25, 0.3) is 0 Å². The van der Waals surface area contributed by atoms with Crippen molar-refractivity contribution in [2.75, 3.05) is 0 Å². The average molecular weight is 133 g/mol. The molecule has 1 aliphatic rings. The van der Waals surface area contributed by atoms with Crippen LogP contribution in [0.3, 0.4) is 0 Å². The molecule has 0 fully saturated rings. The van der Waals surface area contributed by atoms with E-state index in [2.05, 4.69) is 0 Å². The van der Waals surface area contributed by atoms with Gasteiger partial charge in [-0.1, -0.05) is 0 Å². The molecule has 0 saturated carbocycles. The van der Waals surface area contributed by atoms with Crippen molar-refractivity contribution in [1.82, 2.24) is 4.57 Å². The lowest BCUT2D eigenvalue weighted by Gasteiger charge is -1.87. The number of allylic oxidation sites excluding steroid dienone is 1. The minimum atomic E-state index is 0.144. The van der Waals surface area contributed by atoms with E-state index in [0.29, 0.717) is 0 Å². The quantitative estimate of drug-likeness (QED) is 0.526. The van der Waals surface area contributed by atoms with Crippen LogP contribution in [0.4, 0.5) is 0 Å². The minimum absolute atomic E-state index is 0.144. The summed E-state index contributed by atoms with van der Waals surface area (Å²) in [6.45, 7) is 1.83. The third kappa shape index (κ3) is 0.506. The van der Waals surface area contributed by atoms with Crippen molar-refractivity contribution in [2.45, 2.75) is 6.92 Å². The zero-order valence-corrected chi connectivity index (χ0v) is 5.66. The number of carbonyl (C=O) groups is 1. The molecule has 1 aromatic heterocycles. The molecule has 2 nitrogen and oxygen atoms in total. The van der Waals surface area contributed by atoms with Gasteiger partial charge in [-0.2, -0.15) is 0 Å². The van der Waals surface area contributed by atoms with Crippen LogP contribution >= 0.6 is 0 Å². The second kappa shape index (κ2) is 1.59. The van der Waals surface area contributed by atoms with Gasteiger partial charge in [-0.15, -0.1) is 0 Å². The molecule has 1 aliphatic heterocycles. The van der Waals surface area contributed by atoms with Crippen molar-refractivity contribution >= 4 is 12.0 Å². The van der Waals surface area contributed by atoms with E-state index >= 15 is 0 Å². The molecule has 0 saturated heterocycles. The van der Waals surface area contributed by atoms with Crippen molar-refractivity contribution in [3.8, 4) is 0 Å². The first-order valence-electron chi connectivity index (χ1n) is 3.19. The van der Waals surface area contributed by atoms with Gasteiger partial charge in [0.15, 0.2) is 0 Å². The molecule has 2 rings (SSSR count). The Hall–Kier alpha value is -1.31. The summed E-state index contributed by atoms with van der Waals surface area (Å²) in [4.78, 5) is 11.2. The van der Waals surface area contributed by atoms with Gasteiger partial charge in [-0.3, -0.25) is 4.79 Å². The van der Waals surface area contributed by atoms with E-state index in [0.717, 1.165) is 11.3 Å². The highest BCUT2D eigenvalue weighted by molar-refractivity contribution is 6.12. The molecular formula is C8H7NO. The fraction of sp³-hybridized carbons (Fsp3) is 0.125. The number of fused-ring (bicyclic) bond motifs is 1. The maximum Gasteiger partial charge on any atom is 0.206 e. The second-order valence-electron chi connectivity index (χ2n) is 2.44. The molecule has 0 aromatic carbocycles. The molecule has 50 valence electrons. The largest absolute Gasteiger partial charge is 0.320 e. The van der Waals surface area contributed by atoms with Crippen molar-refractivity contribution in [2.24, 2.45) is 0 Å². The zero-order chi connectivity index (χ0) is 7.14. The van der Waals surface area contributed by atoms with Crippen molar-refractivity contribution in [1.29, 1.82) is 0 Å². The predicted molar refractivity (Wildman–Crippen MR) is 38.7 cm³/mol. The van der Waals surface area contributed by atoms with Crippen LogP contribution in [0.15, 0.2) is 23.9 Å². The SMILES string of the molecule is CC1=Cn2cccc2C1=O. The van der Waals surface area contributed by atoms with Crippen LogP contribution in [0, 0.1) is 0 Å². The predicted octanol–water partition coefficient (Wildman–Crippen LogP) is 1.55. The highest BCUT2D eigenvalue weighted by Gasteiger charge is 2.17. The highest BCUT2D eigenvalue weighted by Crippen LogP contribution is 2.17. The number of hydrogen-bond acceptors (Lipinski definition) is 1. The fourth-order valence-electron chi connectivity index (χ4n) is 1.17. The van der Waals surface area contributed by atoms with E-state index < -0.39 is 0 Å². The van der Waals surface area contributed by atoms with E-state index in [4.69, 9.17) is 0 Å².